The van der Waals surface area contributed by atoms with Gasteiger partial charge in [0.2, 0.25) is 0 Å². The van der Waals surface area contributed by atoms with Crippen LogP contribution in [0.4, 0.5) is 36.2 Å². The molecule has 42 heavy (non-hydrogen) atoms. The Morgan fingerprint density at radius 3 is 2.33 bits per heavy atom. The van der Waals surface area contributed by atoms with E-state index >= 15 is 0 Å². The number of fused-ring (bicyclic) bond motifs is 1. The number of carbonyl (C=O) groups is 1. The highest BCUT2D eigenvalue weighted by molar-refractivity contribution is 6.21. The number of amides is 1. The van der Waals surface area contributed by atoms with Gasteiger partial charge >= 0.3 is 6.18 Å². The molecule has 2 aromatic heterocycles. The lowest BCUT2D eigenvalue weighted by Crippen LogP contribution is -2.49. The molecule has 2 aliphatic heterocycles. The molecule has 1 saturated heterocycles. The molecule has 3 aliphatic rings. The van der Waals surface area contributed by atoms with E-state index in [1.807, 2.05) is 9.58 Å². The van der Waals surface area contributed by atoms with Gasteiger partial charge in [-0.25, -0.2) is 4.68 Å². The number of piperazine rings is 1. The summed E-state index contributed by atoms with van der Waals surface area (Å²) in [4.78, 5) is 21.2. The minimum atomic E-state index is -4.23. The van der Waals surface area contributed by atoms with Crippen molar-refractivity contribution in [3.8, 4) is 0 Å². The Kier molecular flexibility index (Phi) is 10.0. The van der Waals surface area contributed by atoms with Crippen LogP contribution in [0.15, 0.2) is 18.5 Å². The van der Waals surface area contributed by atoms with Crippen LogP contribution in [0.3, 0.4) is 0 Å². The highest BCUT2D eigenvalue weighted by Gasteiger charge is 2.38. The van der Waals surface area contributed by atoms with Crippen LogP contribution in [-0.2, 0) is 0 Å². The molecule has 1 amide bonds. The number of alkyl halides is 4. The van der Waals surface area contributed by atoms with Crippen molar-refractivity contribution >= 4 is 40.5 Å². The van der Waals surface area contributed by atoms with E-state index in [2.05, 4.69) is 20.7 Å². The topological polar surface area (TPSA) is 104 Å². The number of anilines is 4. The third-order valence-electron chi connectivity index (χ3n) is 8.83. The molecule has 0 bridgehead atoms. The molecule has 2 fully saturated rings. The fourth-order valence-electron chi connectivity index (χ4n) is 6.73. The van der Waals surface area contributed by atoms with Crippen LogP contribution in [0.25, 0.3) is 0 Å². The van der Waals surface area contributed by atoms with Crippen molar-refractivity contribution in [3.63, 3.8) is 0 Å². The number of pyridine rings is 1. The van der Waals surface area contributed by atoms with Crippen LogP contribution in [0.2, 0.25) is 0 Å². The number of nitrogens with one attached hydrogen (secondary N) is 2. The molecule has 4 heterocycles. The standard InChI is InChI=1S/C29H42ClF3N8O/c30-21-17-36-27-24(26(34)38-41(27)25(21)20-9-7-5-3-1-2-4-6-8-10-20)28(42)37-22-18-35-12-11-23(22)40-15-13-39(14-16-40)19-29(31,32)33/h11-12,18,20-21,25,36H,1-10,13-17,19H2,(H2,34,38)(H,37,42). The average molecular weight is 611 g/mol. The van der Waals surface area contributed by atoms with Crippen molar-refractivity contribution in [1.29, 1.82) is 0 Å². The molecular weight excluding hydrogens is 569 g/mol. The predicted octanol–water partition coefficient (Wildman–Crippen LogP) is 5.90. The molecular formula is C29H42ClF3N8O. The first-order valence-corrected chi connectivity index (χ1v) is 15.7. The van der Waals surface area contributed by atoms with Gasteiger partial charge in [0.15, 0.2) is 5.82 Å². The summed E-state index contributed by atoms with van der Waals surface area (Å²) in [5, 5.41) is 10.7. The largest absolute Gasteiger partial charge is 0.401 e. The normalized spacial score (nSPS) is 23.5. The number of carbonyl (C=O) groups excluding carboxylic acids is 1. The molecule has 0 spiro atoms. The maximum Gasteiger partial charge on any atom is 0.401 e. The summed E-state index contributed by atoms with van der Waals surface area (Å²) in [6.45, 7) is 0.918. The first kappa shape index (κ1) is 30.7. The molecule has 1 aliphatic carbocycles. The lowest BCUT2D eigenvalue weighted by Gasteiger charge is -2.37. The lowest BCUT2D eigenvalue weighted by molar-refractivity contribution is -0.146. The van der Waals surface area contributed by atoms with Crippen LogP contribution in [-0.4, -0.2) is 76.4 Å². The van der Waals surface area contributed by atoms with Crippen LogP contribution in [0, 0.1) is 5.92 Å². The van der Waals surface area contributed by atoms with Gasteiger partial charge in [-0.3, -0.25) is 14.7 Å². The zero-order valence-corrected chi connectivity index (χ0v) is 24.8. The maximum atomic E-state index is 13.7. The molecule has 232 valence electrons. The third kappa shape index (κ3) is 7.42. The van der Waals surface area contributed by atoms with E-state index < -0.39 is 18.6 Å². The molecule has 1 saturated carbocycles. The molecule has 2 aromatic rings. The second-order valence-corrected chi connectivity index (χ2v) is 12.4. The summed E-state index contributed by atoms with van der Waals surface area (Å²) in [6, 6.07) is 1.70. The summed E-state index contributed by atoms with van der Waals surface area (Å²) in [6.07, 6.45) is 11.0. The quantitative estimate of drug-likeness (QED) is 0.362. The predicted molar refractivity (Wildman–Crippen MR) is 160 cm³/mol. The lowest BCUT2D eigenvalue weighted by atomic mass is 9.86. The highest BCUT2D eigenvalue weighted by Crippen LogP contribution is 2.41. The van der Waals surface area contributed by atoms with Crippen LogP contribution >= 0.6 is 11.6 Å². The zero-order chi connectivity index (χ0) is 29.7. The van der Waals surface area contributed by atoms with Crippen molar-refractivity contribution in [2.45, 2.75) is 81.8 Å². The molecule has 0 aromatic carbocycles. The van der Waals surface area contributed by atoms with Crippen LogP contribution in [0.1, 0.15) is 80.6 Å². The smallest absolute Gasteiger partial charge is 0.381 e. The number of nitrogens with two attached hydrogens (primary N) is 1. The second-order valence-electron chi connectivity index (χ2n) is 11.8. The van der Waals surface area contributed by atoms with Crippen LogP contribution in [0.5, 0.6) is 0 Å². The first-order chi connectivity index (χ1) is 20.2. The van der Waals surface area contributed by atoms with Crippen molar-refractivity contribution in [3.05, 3.63) is 24.0 Å². The zero-order valence-electron chi connectivity index (χ0n) is 24.0. The molecule has 13 heteroatoms. The van der Waals surface area contributed by atoms with Crippen LogP contribution < -0.4 is 21.3 Å². The minimum absolute atomic E-state index is 0.0607. The number of nitrogen functional groups attached to an aromatic ring is 1. The first-order valence-electron chi connectivity index (χ1n) is 15.3. The van der Waals surface area contributed by atoms with Gasteiger partial charge in [0.05, 0.1) is 35.5 Å². The summed E-state index contributed by atoms with van der Waals surface area (Å²) in [7, 11) is 0. The molecule has 9 nitrogen and oxygen atoms in total. The summed E-state index contributed by atoms with van der Waals surface area (Å²) >= 11 is 6.92. The molecule has 5 rings (SSSR count). The van der Waals surface area contributed by atoms with E-state index in [0.29, 0.717) is 42.7 Å². The van der Waals surface area contributed by atoms with E-state index in [1.54, 1.807) is 18.5 Å². The van der Waals surface area contributed by atoms with E-state index in [9.17, 15) is 18.0 Å². The highest BCUT2D eigenvalue weighted by atomic mass is 35.5. The molecule has 2 unspecified atom stereocenters. The second kappa shape index (κ2) is 13.7. The number of nitrogens with zero attached hydrogens (tertiary/aromatic N) is 5. The molecule has 4 N–H and O–H groups in total. The van der Waals surface area contributed by atoms with Gasteiger partial charge in [-0.1, -0.05) is 51.4 Å². The fraction of sp³-hybridized carbons (Fsp3) is 0.690. The van der Waals surface area contributed by atoms with Gasteiger partial charge in [0, 0.05) is 38.9 Å². The maximum absolute atomic E-state index is 13.7. The Morgan fingerprint density at radius 2 is 1.69 bits per heavy atom. The Morgan fingerprint density at radius 1 is 1.05 bits per heavy atom. The number of aromatic nitrogens is 3. The summed E-state index contributed by atoms with van der Waals surface area (Å²) in [5.74, 6) is 0.643. The number of rotatable bonds is 5. The van der Waals surface area contributed by atoms with Gasteiger partial charge in [-0.2, -0.15) is 18.3 Å². The number of hydrogen-bond acceptors (Lipinski definition) is 7. The Bertz CT molecular complexity index is 1190. The van der Waals surface area contributed by atoms with Gasteiger partial charge < -0.3 is 21.3 Å². The van der Waals surface area contributed by atoms with Gasteiger partial charge in [0.25, 0.3) is 5.91 Å². The Balaban J connectivity index is 1.33. The Labute approximate surface area is 250 Å². The third-order valence-corrected chi connectivity index (χ3v) is 9.24. The monoisotopic (exact) mass is 610 g/mol. The minimum Gasteiger partial charge on any atom is -0.381 e. The van der Waals surface area contributed by atoms with Crippen molar-refractivity contribution in [2.75, 3.05) is 60.5 Å². The summed E-state index contributed by atoms with van der Waals surface area (Å²) < 4.78 is 40.4. The average Bonchev–Trinajstić information content (AvgIpc) is 3.25. The van der Waals surface area contributed by atoms with Gasteiger partial charge in [0.1, 0.15) is 11.4 Å². The van der Waals surface area contributed by atoms with E-state index in [4.69, 9.17) is 17.3 Å². The summed E-state index contributed by atoms with van der Waals surface area (Å²) in [5.41, 5.74) is 7.82. The van der Waals surface area contributed by atoms with E-state index in [0.717, 1.165) is 25.7 Å². The van der Waals surface area contributed by atoms with E-state index in [1.165, 1.54) is 43.4 Å². The fourth-order valence-corrected chi connectivity index (χ4v) is 7.12. The molecule has 0 radical (unpaired) electrons. The van der Waals surface area contributed by atoms with Gasteiger partial charge in [-0.05, 0) is 24.8 Å². The number of hydrogen-bond donors (Lipinski definition) is 3. The number of halogens is 4. The van der Waals surface area contributed by atoms with Crippen molar-refractivity contribution in [2.24, 2.45) is 5.92 Å². The van der Waals surface area contributed by atoms with Crippen molar-refractivity contribution in [1.82, 2.24) is 19.7 Å². The van der Waals surface area contributed by atoms with Gasteiger partial charge in [-0.15, -0.1) is 11.6 Å². The Hall–Kier alpha value is -2.73. The molecule has 2 atom stereocenters. The van der Waals surface area contributed by atoms with Crippen molar-refractivity contribution < 1.29 is 18.0 Å². The SMILES string of the molecule is Nc1nn2c(c1C(=O)Nc1cnccc1N1CCN(CC(F)(F)F)CC1)NCC(Cl)C2C1CCCCCCCCCC1. The van der Waals surface area contributed by atoms with E-state index in [-0.39, 0.29) is 35.9 Å².